The van der Waals surface area contributed by atoms with Crippen molar-refractivity contribution in [1.29, 1.82) is 0 Å². The lowest BCUT2D eigenvalue weighted by Crippen LogP contribution is -2.05. The van der Waals surface area contributed by atoms with E-state index in [1.807, 2.05) is 11.8 Å². The fourth-order valence-corrected chi connectivity index (χ4v) is 1.80. The highest BCUT2D eigenvalue weighted by Crippen LogP contribution is 2.19. The number of methoxy groups -OCH3 is 1. The quantitative estimate of drug-likeness (QED) is 0.765. The first-order valence-electron chi connectivity index (χ1n) is 5.07. The molecule has 0 saturated heterocycles. The average Bonchev–Trinajstić information content (AvgIpc) is 2.31. The first-order valence-corrected chi connectivity index (χ1v) is 6.84. The van der Waals surface area contributed by atoms with E-state index in [4.69, 9.17) is 16.3 Å². The van der Waals surface area contributed by atoms with Gasteiger partial charge in [0.1, 0.15) is 5.02 Å². The van der Waals surface area contributed by atoms with Crippen molar-refractivity contribution >= 4 is 29.2 Å². The maximum atomic E-state index is 5.95. The highest BCUT2D eigenvalue weighted by atomic mass is 35.5. The molecule has 4 nitrogen and oxygen atoms in total. The molecule has 0 radical (unpaired) electrons. The fraction of sp³-hybridized carbons (Fsp3) is 0.600. The number of nitrogens with one attached hydrogen (secondary N) is 1. The van der Waals surface area contributed by atoms with E-state index in [1.54, 1.807) is 0 Å². The van der Waals surface area contributed by atoms with Crippen LogP contribution < -0.4 is 10.1 Å². The summed E-state index contributed by atoms with van der Waals surface area (Å²) in [6.07, 6.45) is 5.94. The van der Waals surface area contributed by atoms with Gasteiger partial charge in [0, 0.05) is 6.54 Å². The second-order valence-electron chi connectivity index (χ2n) is 3.18. The van der Waals surface area contributed by atoms with Crippen LogP contribution in [0.15, 0.2) is 6.20 Å². The lowest BCUT2D eigenvalue weighted by Gasteiger charge is -2.07. The second-order valence-corrected chi connectivity index (χ2v) is 4.57. The molecule has 1 aromatic heterocycles. The van der Waals surface area contributed by atoms with Gasteiger partial charge in [-0.15, -0.1) is 0 Å². The van der Waals surface area contributed by atoms with Crippen LogP contribution in [-0.4, -0.2) is 35.6 Å². The highest BCUT2D eigenvalue weighted by molar-refractivity contribution is 7.98. The van der Waals surface area contributed by atoms with Gasteiger partial charge in [-0.1, -0.05) is 11.6 Å². The van der Waals surface area contributed by atoms with Crippen LogP contribution in [0, 0.1) is 0 Å². The Morgan fingerprint density at radius 1 is 1.50 bits per heavy atom. The number of hydrogen-bond acceptors (Lipinski definition) is 5. The lowest BCUT2D eigenvalue weighted by molar-refractivity contribution is 0.380. The van der Waals surface area contributed by atoms with Gasteiger partial charge < -0.3 is 10.1 Å². The van der Waals surface area contributed by atoms with Crippen molar-refractivity contribution in [3.8, 4) is 6.01 Å². The van der Waals surface area contributed by atoms with E-state index in [9.17, 15) is 0 Å². The maximum Gasteiger partial charge on any atom is 0.318 e. The summed E-state index contributed by atoms with van der Waals surface area (Å²) >= 11 is 7.80. The molecule has 0 aliphatic rings. The van der Waals surface area contributed by atoms with E-state index < -0.39 is 0 Å². The van der Waals surface area contributed by atoms with E-state index in [1.165, 1.54) is 25.5 Å². The van der Waals surface area contributed by atoms with Crippen molar-refractivity contribution in [2.45, 2.75) is 12.8 Å². The summed E-state index contributed by atoms with van der Waals surface area (Å²) < 4.78 is 4.93. The molecular formula is C10H16ClN3OS. The summed E-state index contributed by atoms with van der Waals surface area (Å²) in [6, 6.07) is 0.330. The van der Waals surface area contributed by atoms with Gasteiger partial charge in [-0.2, -0.15) is 16.7 Å². The number of aromatic nitrogens is 2. The summed E-state index contributed by atoms with van der Waals surface area (Å²) in [5.41, 5.74) is 0. The zero-order valence-electron chi connectivity index (χ0n) is 9.49. The standard InChI is InChI=1S/C10H16ClN3OS/c1-15-10-13-7-8(11)9(14-10)12-5-3-4-6-16-2/h7H,3-6H2,1-2H3,(H,12,13,14). The Hall–Kier alpha value is -0.680. The van der Waals surface area contributed by atoms with Crippen molar-refractivity contribution in [3.05, 3.63) is 11.2 Å². The zero-order chi connectivity index (χ0) is 11.8. The molecule has 1 N–H and O–H groups in total. The summed E-state index contributed by atoms with van der Waals surface area (Å²) in [5.74, 6) is 1.82. The van der Waals surface area contributed by atoms with Gasteiger partial charge in [-0.25, -0.2) is 4.98 Å². The number of thioether (sulfide) groups is 1. The molecule has 0 unspecified atom stereocenters. The minimum absolute atomic E-state index is 0.330. The molecule has 0 fully saturated rings. The average molecular weight is 262 g/mol. The number of unbranched alkanes of at least 4 members (excludes halogenated alkanes) is 1. The molecule has 0 atom stereocenters. The minimum atomic E-state index is 0.330. The lowest BCUT2D eigenvalue weighted by atomic mass is 10.3. The summed E-state index contributed by atoms with van der Waals surface area (Å²) in [6.45, 7) is 0.862. The third kappa shape index (κ3) is 4.45. The summed E-state index contributed by atoms with van der Waals surface area (Å²) in [5, 5.41) is 3.69. The molecule has 0 spiro atoms. The monoisotopic (exact) mass is 261 g/mol. The van der Waals surface area contributed by atoms with Gasteiger partial charge in [0.15, 0.2) is 5.82 Å². The van der Waals surface area contributed by atoms with E-state index in [2.05, 4.69) is 21.5 Å². The third-order valence-corrected chi connectivity index (χ3v) is 2.95. The largest absolute Gasteiger partial charge is 0.467 e. The minimum Gasteiger partial charge on any atom is -0.467 e. The van der Waals surface area contributed by atoms with Crippen LogP contribution in [0.2, 0.25) is 5.02 Å². The number of ether oxygens (including phenoxy) is 1. The van der Waals surface area contributed by atoms with Crippen LogP contribution in [-0.2, 0) is 0 Å². The van der Waals surface area contributed by atoms with E-state index in [-0.39, 0.29) is 0 Å². The molecule has 0 amide bonds. The molecule has 1 rings (SSSR count). The summed E-state index contributed by atoms with van der Waals surface area (Å²) in [4.78, 5) is 8.03. The molecule has 16 heavy (non-hydrogen) atoms. The number of nitrogens with zero attached hydrogens (tertiary/aromatic N) is 2. The van der Waals surface area contributed by atoms with Crippen LogP contribution in [0.3, 0.4) is 0 Å². The van der Waals surface area contributed by atoms with Gasteiger partial charge in [0.2, 0.25) is 0 Å². The molecule has 90 valence electrons. The van der Waals surface area contributed by atoms with Crippen LogP contribution in [0.1, 0.15) is 12.8 Å². The van der Waals surface area contributed by atoms with Crippen LogP contribution >= 0.6 is 23.4 Å². The molecule has 0 aliphatic carbocycles. The van der Waals surface area contributed by atoms with Crippen molar-refractivity contribution in [2.75, 3.05) is 31.0 Å². The van der Waals surface area contributed by atoms with E-state index in [0.29, 0.717) is 16.9 Å². The topological polar surface area (TPSA) is 47.0 Å². The first-order chi connectivity index (χ1) is 7.77. The number of hydrogen-bond donors (Lipinski definition) is 1. The fourth-order valence-electron chi connectivity index (χ4n) is 1.15. The SMILES string of the molecule is COc1ncc(Cl)c(NCCCCSC)n1. The molecule has 0 bridgehead atoms. The zero-order valence-corrected chi connectivity index (χ0v) is 11.1. The van der Waals surface area contributed by atoms with Gasteiger partial charge in [0.05, 0.1) is 13.3 Å². The highest BCUT2D eigenvalue weighted by Gasteiger charge is 2.04. The van der Waals surface area contributed by atoms with E-state index >= 15 is 0 Å². The Labute approximate surface area is 105 Å². The molecular weight excluding hydrogens is 246 g/mol. The van der Waals surface area contributed by atoms with Gasteiger partial charge >= 0.3 is 6.01 Å². The molecule has 0 aliphatic heterocycles. The van der Waals surface area contributed by atoms with Crippen molar-refractivity contribution in [2.24, 2.45) is 0 Å². The Kier molecular flexibility index (Phi) is 6.33. The summed E-state index contributed by atoms with van der Waals surface area (Å²) in [7, 11) is 1.53. The number of halogens is 1. The van der Waals surface area contributed by atoms with Gasteiger partial charge in [-0.05, 0) is 24.9 Å². The predicted molar refractivity (Wildman–Crippen MR) is 69.7 cm³/mol. The Bertz CT molecular complexity index is 325. The Morgan fingerprint density at radius 2 is 2.31 bits per heavy atom. The number of anilines is 1. The van der Waals surface area contributed by atoms with Crippen molar-refractivity contribution < 1.29 is 4.74 Å². The van der Waals surface area contributed by atoms with Crippen LogP contribution in [0.5, 0.6) is 6.01 Å². The maximum absolute atomic E-state index is 5.95. The van der Waals surface area contributed by atoms with E-state index in [0.717, 1.165) is 13.0 Å². The van der Waals surface area contributed by atoms with Crippen LogP contribution in [0.4, 0.5) is 5.82 Å². The third-order valence-electron chi connectivity index (χ3n) is 1.97. The van der Waals surface area contributed by atoms with Crippen molar-refractivity contribution in [1.82, 2.24) is 9.97 Å². The molecule has 0 saturated carbocycles. The Morgan fingerprint density at radius 3 is 3.00 bits per heavy atom. The number of rotatable bonds is 7. The first kappa shape index (κ1) is 13.4. The van der Waals surface area contributed by atoms with Crippen LogP contribution in [0.25, 0.3) is 0 Å². The molecule has 6 heteroatoms. The van der Waals surface area contributed by atoms with Gasteiger partial charge in [0.25, 0.3) is 0 Å². The Balaban J connectivity index is 2.40. The normalized spacial score (nSPS) is 10.2. The molecule has 0 aromatic carbocycles. The molecule has 1 aromatic rings. The van der Waals surface area contributed by atoms with Gasteiger partial charge in [-0.3, -0.25) is 0 Å². The smallest absolute Gasteiger partial charge is 0.318 e. The second kappa shape index (κ2) is 7.57. The molecule has 1 heterocycles. The van der Waals surface area contributed by atoms with Crippen molar-refractivity contribution in [3.63, 3.8) is 0 Å². The predicted octanol–water partition coefficient (Wildman–Crippen LogP) is 2.69.